The van der Waals surface area contributed by atoms with E-state index in [1.807, 2.05) is 30.3 Å². The van der Waals surface area contributed by atoms with Crippen LogP contribution in [0.2, 0.25) is 0 Å². The van der Waals surface area contributed by atoms with Gasteiger partial charge in [-0.2, -0.15) is 0 Å². The van der Waals surface area contributed by atoms with Crippen molar-refractivity contribution in [2.45, 2.75) is 6.42 Å². The van der Waals surface area contributed by atoms with Crippen molar-refractivity contribution in [2.24, 2.45) is 5.73 Å². The Kier molecular flexibility index (Phi) is 4.87. The van der Waals surface area contributed by atoms with Crippen molar-refractivity contribution in [3.63, 3.8) is 0 Å². The molecule has 0 unspecified atom stereocenters. The molecule has 0 radical (unpaired) electrons. The second kappa shape index (κ2) is 6.63. The number of fused-ring (bicyclic) bond motifs is 1. The molecule has 5 heteroatoms. The van der Waals surface area contributed by atoms with Crippen LogP contribution in [0.5, 0.6) is 0 Å². The highest BCUT2D eigenvalue weighted by atomic mass is 32.1. The second-order valence-electron chi connectivity index (χ2n) is 5.02. The summed E-state index contributed by atoms with van der Waals surface area (Å²) in [5, 5.41) is 4.33. The Morgan fingerprint density at radius 3 is 2.80 bits per heavy atom. The minimum absolute atomic E-state index is 0.403. The van der Waals surface area contributed by atoms with E-state index in [0.29, 0.717) is 4.99 Å². The van der Waals surface area contributed by atoms with E-state index >= 15 is 0 Å². The predicted octanol–water partition coefficient (Wildman–Crippen LogP) is 2.23. The Balaban J connectivity index is 2.20. The predicted molar refractivity (Wildman–Crippen MR) is 89.3 cm³/mol. The van der Waals surface area contributed by atoms with Crippen molar-refractivity contribution in [3.8, 4) is 0 Å². The highest BCUT2D eigenvalue weighted by molar-refractivity contribution is 7.80. The molecule has 0 atom stereocenters. The molecule has 0 aliphatic rings. The molecule has 1 aromatic carbocycles. The summed E-state index contributed by atoms with van der Waals surface area (Å²) in [5.74, 6) is 0.824. The average molecular weight is 288 g/mol. The van der Waals surface area contributed by atoms with Crippen LogP contribution in [0, 0.1) is 0 Å². The molecule has 1 aromatic heterocycles. The normalized spacial score (nSPS) is 10.9. The number of hydrogen-bond acceptors (Lipinski definition) is 4. The van der Waals surface area contributed by atoms with Crippen LogP contribution in [0.3, 0.4) is 0 Å². The molecule has 2 aromatic rings. The molecule has 0 spiro atoms. The van der Waals surface area contributed by atoms with Crippen LogP contribution in [0.1, 0.15) is 12.0 Å². The fourth-order valence-electron chi connectivity index (χ4n) is 2.08. The summed E-state index contributed by atoms with van der Waals surface area (Å²) >= 11 is 5.13. The molecule has 20 heavy (non-hydrogen) atoms. The van der Waals surface area contributed by atoms with Gasteiger partial charge in [-0.1, -0.05) is 30.4 Å². The van der Waals surface area contributed by atoms with Gasteiger partial charge in [0.25, 0.3) is 0 Å². The highest BCUT2D eigenvalue weighted by Crippen LogP contribution is 2.20. The first-order valence-electron chi connectivity index (χ1n) is 6.66. The molecule has 0 aliphatic carbocycles. The third-order valence-electron chi connectivity index (χ3n) is 3.07. The number of thiocarbonyl (C=S) groups is 1. The third-order valence-corrected chi connectivity index (χ3v) is 3.29. The standard InChI is InChI=1S/C15H20N4S/c1-19(2)9-5-8-17-14-10-12(15(16)20)11-6-3-4-7-13(11)18-14/h3-4,6-7,10H,5,8-9H2,1-2H3,(H2,16,20)(H,17,18). The fourth-order valence-corrected chi connectivity index (χ4v) is 2.25. The Labute approximate surface area is 125 Å². The second-order valence-corrected chi connectivity index (χ2v) is 5.46. The molecule has 106 valence electrons. The molecule has 2 rings (SSSR count). The lowest BCUT2D eigenvalue weighted by Crippen LogP contribution is -2.17. The molecule has 1 heterocycles. The van der Waals surface area contributed by atoms with E-state index in [1.165, 1.54) is 0 Å². The maximum absolute atomic E-state index is 5.81. The number of anilines is 1. The zero-order valence-electron chi connectivity index (χ0n) is 11.9. The van der Waals surface area contributed by atoms with E-state index in [0.717, 1.165) is 41.8 Å². The highest BCUT2D eigenvalue weighted by Gasteiger charge is 2.07. The fraction of sp³-hybridized carbons (Fsp3) is 0.333. The number of nitrogens with one attached hydrogen (secondary N) is 1. The number of pyridine rings is 1. The summed E-state index contributed by atoms with van der Waals surface area (Å²) < 4.78 is 0. The number of hydrogen-bond donors (Lipinski definition) is 2. The van der Waals surface area contributed by atoms with Gasteiger partial charge in [-0.3, -0.25) is 0 Å². The van der Waals surface area contributed by atoms with E-state index in [-0.39, 0.29) is 0 Å². The van der Waals surface area contributed by atoms with Crippen LogP contribution in [0.15, 0.2) is 30.3 Å². The lowest BCUT2D eigenvalue weighted by atomic mass is 10.1. The zero-order chi connectivity index (χ0) is 14.5. The van der Waals surface area contributed by atoms with Crippen LogP contribution in [-0.4, -0.2) is 42.1 Å². The van der Waals surface area contributed by atoms with Gasteiger partial charge in [0.1, 0.15) is 10.8 Å². The van der Waals surface area contributed by atoms with Crippen molar-refractivity contribution in [1.29, 1.82) is 0 Å². The molecule has 0 amide bonds. The van der Waals surface area contributed by atoms with E-state index in [4.69, 9.17) is 18.0 Å². The summed E-state index contributed by atoms with van der Waals surface area (Å²) in [6.45, 7) is 1.92. The Morgan fingerprint density at radius 1 is 1.35 bits per heavy atom. The van der Waals surface area contributed by atoms with Gasteiger partial charge in [0, 0.05) is 17.5 Å². The number of aromatic nitrogens is 1. The number of para-hydroxylation sites is 1. The van der Waals surface area contributed by atoms with Crippen LogP contribution in [0.4, 0.5) is 5.82 Å². The van der Waals surface area contributed by atoms with Crippen LogP contribution in [0.25, 0.3) is 10.9 Å². The molecule has 0 saturated heterocycles. The van der Waals surface area contributed by atoms with Gasteiger partial charge >= 0.3 is 0 Å². The Morgan fingerprint density at radius 2 is 2.10 bits per heavy atom. The average Bonchev–Trinajstić information content (AvgIpc) is 2.42. The molecular weight excluding hydrogens is 268 g/mol. The van der Waals surface area contributed by atoms with Crippen molar-refractivity contribution < 1.29 is 0 Å². The van der Waals surface area contributed by atoms with Crippen molar-refractivity contribution in [2.75, 3.05) is 32.5 Å². The Hall–Kier alpha value is -1.72. The van der Waals surface area contributed by atoms with Crippen LogP contribution >= 0.6 is 12.2 Å². The third kappa shape index (κ3) is 3.65. The SMILES string of the molecule is CN(C)CCCNc1cc(C(N)=S)c2ccccc2n1. The molecule has 0 bridgehead atoms. The van der Waals surface area contributed by atoms with E-state index in [1.54, 1.807) is 0 Å². The number of nitrogens with two attached hydrogens (primary N) is 1. The summed E-state index contributed by atoms with van der Waals surface area (Å²) in [6.07, 6.45) is 1.06. The summed E-state index contributed by atoms with van der Waals surface area (Å²) in [4.78, 5) is 7.16. The van der Waals surface area contributed by atoms with Crippen molar-refractivity contribution in [3.05, 3.63) is 35.9 Å². The summed E-state index contributed by atoms with van der Waals surface area (Å²) in [7, 11) is 4.14. The molecular formula is C15H20N4S. The van der Waals surface area contributed by atoms with Crippen molar-refractivity contribution >= 4 is 33.9 Å². The smallest absolute Gasteiger partial charge is 0.127 e. The molecule has 3 N–H and O–H groups in total. The minimum Gasteiger partial charge on any atom is -0.389 e. The van der Waals surface area contributed by atoms with Gasteiger partial charge in [0.05, 0.1) is 5.52 Å². The first-order chi connectivity index (χ1) is 9.58. The first-order valence-corrected chi connectivity index (χ1v) is 7.07. The van der Waals surface area contributed by atoms with Gasteiger partial charge in [0.2, 0.25) is 0 Å². The van der Waals surface area contributed by atoms with Crippen LogP contribution < -0.4 is 11.1 Å². The number of nitrogens with zero attached hydrogens (tertiary/aromatic N) is 2. The molecule has 4 nitrogen and oxygen atoms in total. The minimum atomic E-state index is 0.403. The van der Waals surface area contributed by atoms with E-state index in [2.05, 4.69) is 29.3 Å². The van der Waals surface area contributed by atoms with Crippen molar-refractivity contribution in [1.82, 2.24) is 9.88 Å². The lowest BCUT2D eigenvalue weighted by Gasteiger charge is -2.12. The lowest BCUT2D eigenvalue weighted by molar-refractivity contribution is 0.405. The largest absolute Gasteiger partial charge is 0.389 e. The number of rotatable bonds is 6. The molecule has 0 saturated carbocycles. The molecule has 0 fully saturated rings. The maximum atomic E-state index is 5.81. The van der Waals surface area contributed by atoms with Gasteiger partial charge in [0.15, 0.2) is 0 Å². The Bertz CT molecular complexity index is 610. The van der Waals surface area contributed by atoms with Crippen LogP contribution in [-0.2, 0) is 0 Å². The summed E-state index contributed by atoms with van der Waals surface area (Å²) in [5.41, 5.74) is 7.60. The topological polar surface area (TPSA) is 54.2 Å². The number of benzene rings is 1. The molecule has 0 aliphatic heterocycles. The van der Waals surface area contributed by atoms with E-state index in [9.17, 15) is 0 Å². The van der Waals surface area contributed by atoms with Gasteiger partial charge in [-0.05, 0) is 39.2 Å². The monoisotopic (exact) mass is 288 g/mol. The first kappa shape index (κ1) is 14.7. The van der Waals surface area contributed by atoms with E-state index < -0.39 is 0 Å². The summed E-state index contributed by atoms with van der Waals surface area (Å²) in [6, 6.07) is 9.83. The van der Waals surface area contributed by atoms with Gasteiger partial charge < -0.3 is 16.0 Å². The quantitative estimate of drug-likeness (QED) is 0.630. The maximum Gasteiger partial charge on any atom is 0.127 e. The van der Waals surface area contributed by atoms with Gasteiger partial charge in [-0.15, -0.1) is 0 Å². The van der Waals surface area contributed by atoms with Gasteiger partial charge in [-0.25, -0.2) is 4.98 Å². The zero-order valence-corrected chi connectivity index (χ0v) is 12.7.